The molecule has 0 aliphatic carbocycles. The minimum atomic E-state index is -0.979. The first-order valence-corrected chi connectivity index (χ1v) is 17.4. The van der Waals surface area contributed by atoms with Crippen LogP contribution in [0.3, 0.4) is 0 Å². The van der Waals surface area contributed by atoms with Gasteiger partial charge in [-0.05, 0) is 72.4 Å². The van der Waals surface area contributed by atoms with Crippen LogP contribution in [-0.4, -0.2) is 34.7 Å². The molecule has 0 spiro atoms. The maximum Gasteiger partial charge on any atom is 0.416 e. The summed E-state index contributed by atoms with van der Waals surface area (Å²) >= 11 is 3.59. The molecule has 5 aromatic rings. The van der Waals surface area contributed by atoms with Gasteiger partial charge in [-0.2, -0.15) is 0 Å². The zero-order chi connectivity index (χ0) is 34.9. The summed E-state index contributed by atoms with van der Waals surface area (Å²) in [5, 5.41) is 14.8. The standard InChI is InChI=1S/C41H38BrFN2O5/c42-31-18-21-35(38(25-31)49-26-29-12-6-2-7-13-29)39(44-33-14-8-3-9-15-33)36(22-23-37(46)30-16-19-32(43)20-17-30)40(47)45-34(27-50-41(45)48)24-28-10-4-1-5-11-28/h1-21,25,34,36-37,39,44,46H,22-24,26-27H2/t34-,36+,37+,39+/m0/s1. The molecule has 0 unspecified atom stereocenters. The number of nitrogens with one attached hydrogen (secondary N) is 1. The normalized spacial score (nSPS) is 15.9. The second-order valence-corrected chi connectivity index (χ2v) is 13.2. The Bertz CT molecular complexity index is 1860. The zero-order valence-electron chi connectivity index (χ0n) is 27.3. The SMILES string of the molecule is O=C1OC[C@H](Cc2ccccc2)N1C(=O)[C@H](CC[C@@H](O)c1ccc(F)cc1)[C@H](Nc1ccccc1)c1ccc(Br)cc1OCc1ccccc1. The molecule has 0 radical (unpaired) electrons. The number of para-hydroxylation sites is 1. The lowest BCUT2D eigenvalue weighted by Crippen LogP contribution is -2.46. The number of aliphatic hydroxyl groups excluding tert-OH is 1. The second kappa shape index (κ2) is 16.6. The van der Waals surface area contributed by atoms with Gasteiger partial charge in [-0.25, -0.2) is 14.1 Å². The Balaban J connectivity index is 1.40. The Morgan fingerprint density at radius 2 is 1.52 bits per heavy atom. The fraction of sp³-hybridized carbons (Fsp3) is 0.220. The summed E-state index contributed by atoms with van der Waals surface area (Å²) in [6, 6.07) is 39.1. The van der Waals surface area contributed by atoms with Crippen molar-refractivity contribution in [2.45, 2.75) is 44.1 Å². The fourth-order valence-corrected chi connectivity index (χ4v) is 6.64. The van der Waals surface area contributed by atoms with Crippen molar-refractivity contribution in [2.75, 3.05) is 11.9 Å². The van der Waals surface area contributed by atoms with Crippen LogP contribution in [0.15, 0.2) is 138 Å². The van der Waals surface area contributed by atoms with Crippen molar-refractivity contribution >= 4 is 33.6 Å². The summed E-state index contributed by atoms with van der Waals surface area (Å²) in [5.74, 6) is -1.14. The van der Waals surface area contributed by atoms with Crippen LogP contribution in [0.5, 0.6) is 5.75 Å². The van der Waals surface area contributed by atoms with Gasteiger partial charge in [-0.1, -0.05) is 113 Å². The zero-order valence-corrected chi connectivity index (χ0v) is 28.9. The highest BCUT2D eigenvalue weighted by molar-refractivity contribution is 9.10. The largest absolute Gasteiger partial charge is 0.489 e. The van der Waals surface area contributed by atoms with Crippen molar-refractivity contribution in [3.8, 4) is 5.75 Å². The number of imide groups is 1. The predicted molar refractivity (Wildman–Crippen MR) is 194 cm³/mol. The van der Waals surface area contributed by atoms with Crippen molar-refractivity contribution in [1.29, 1.82) is 0 Å². The van der Waals surface area contributed by atoms with E-state index in [1.54, 1.807) is 0 Å². The smallest absolute Gasteiger partial charge is 0.416 e. The lowest BCUT2D eigenvalue weighted by Gasteiger charge is -2.33. The first kappa shape index (κ1) is 34.9. The molecule has 1 aliphatic heterocycles. The van der Waals surface area contributed by atoms with E-state index in [2.05, 4.69) is 21.2 Å². The molecule has 9 heteroatoms. The van der Waals surface area contributed by atoms with Crippen molar-refractivity contribution in [3.63, 3.8) is 0 Å². The van der Waals surface area contributed by atoms with E-state index in [0.717, 1.165) is 21.3 Å². The van der Waals surface area contributed by atoms with Crippen LogP contribution in [-0.2, 0) is 22.6 Å². The van der Waals surface area contributed by atoms with Gasteiger partial charge in [-0.15, -0.1) is 0 Å². The Labute approximate surface area is 299 Å². The number of halogens is 2. The third-order valence-corrected chi connectivity index (χ3v) is 9.38. The number of carbonyl (C=O) groups is 2. The first-order valence-electron chi connectivity index (χ1n) is 16.6. The Kier molecular flexibility index (Phi) is 11.6. The molecule has 4 atom stereocenters. The first-order chi connectivity index (χ1) is 24.4. The van der Waals surface area contributed by atoms with Gasteiger partial charge in [0, 0.05) is 15.7 Å². The number of cyclic esters (lactones) is 1. The minimum absolute atomic E-state index is 0.0743. The maximum atomic E-state index is 14.9. The molecule has 6 rings (SSSR count). The summed E-state index contributed by atoms with van der Waals surface area (Å²) in [4.78, 5) is 29.5. The van der Waals surface area contributed by atoms with Gasteiger partial charge in [0.15, 0.2) is 0 Å². The Morgan fingerprint density at radius 3 is 2.20 bits per heavy atom. The van der Waals surface area contributed by atoms with Crippen molar-refractivity contribution in [3.05, 3.63) is 166 Å². The molecule has 1 fully saturated rings. The van der Waals surface area contributed by atoms with E-state index in [1.165, 1.54) is 29.2 Å². The molecule has 50 heavy (non-hydrogen) atoms. The van der Waals surface area contributed by atoms with Gasteiger partial charge in [0.1, 0.15) is 24.8 Å². The van der Waals surface area contributed by atoms with Crippen LogP contribution < -0.4 is 10.1 Å². The van der Waals surface area contributed by atoms with Crippen LogP contribution in [0.2, 0.25) is 0 Å². The molecule has 0 aromatic heterocycles. The van der Waals surface area contributed by atoms with E-state index < -0.39 is 41.9 Å². The molecule has 5 aromatic carbocycles. The van der Waals surface area contributed by atoms with Gasteiger partial charge in [0.05, 0.1) is 24.1 Å². The summed E-state index contributed by atoms with van der Waals surface area (Å²) in [6.07, 6.45) is -0.901. The third kappa shape index (κ3) is 8.77. The molecule has 2 N–H and O–H groups in total. The molecule has 0 saturated carbocycles. The summed E-state index contributed by atoms with van der Waals surface area (Å²) in [6.45, 7) is 0.368. The molecular weight excluding hydrogens is 699 g/mol. The van der Waals surface area contributed by atoms with Gasteiger partial charge >= 0.3 is 6.09 Å². The van der Waals surface area contributed by atoms with Crippen molar-refractivity contribution in [2.24, 2.45) is 5.92 Å². The van der Waals surface area contributed by atoms with Gasteiger partial charge in [0.25, 0.3) is 0 Å². The van der Waals surface area contributed by atoms with Gasteiger partial charge in [-0.3, -0.25) is 4.79 Å². The maximum absolute atomic E-state index is 14.9. The van der Waals surface area contributed by atoms with Crippen LogP contribution in [0.1, 0.15) is 47.2 Å². The second-order valence-electron chi connectivity index (χ2n) is 12.3. The number of ether oxygens (including phenoxy) is 2. The summed E-state index contributed by atoms with van der Waals surface area (Å²) in [5.41, 5.74) is 3.94. The highest BCUT2D eigenvalue weighted by atomic mass is 79.9. The fourth-order valence-electron chi connectivity index (χ4n) is 6.30. The van der Waals surface area contributed by atoms with Crippen LogP contribution in [0, 0.1) is 11.7 Å². The molecule has 1 heterocycles. The third-order valence-electron chi connectivity index (χ3n) is 8.88. The molecule has 0 bridgehead atoms. The van der Waals surface area contributed by atoms with E-state index in [4.69, 9.17) is 9.47 Å². The molecule has 2 amide bonds. The molecular formula is C41H38BrFN2O5. The number of anilines is 1. The van der Waals surface area contributed by atoms with Gasteiger partial charge < -0.3 is 19.9 Å². The number of amides is 2. The van der Waals surface area contributed by atoms with Gasteiger partial charge in [0.2, 0.25) is 5.91 Å². The number of nitrogens with zero attached hydrogens (tertiary/aromatic N) is 1. The highest BCUT2D eigenvalue weighted by Crippen LogP contribution is 2.40. The molecule has 1 aliphatic rings. The molecule has 1 saturated heterocycles. The summed E-state index contributed by atoms with van der Waals surface area (Å²) < 4.78 is 26.4. The van der Waals surface area contributed by atoms with Crippen LogP contribution >= 0.6 is 15.9 Å². The van der Waals surface area contributed by atoms with Crippen LogP contribution in [0.4, 0.5) is 14.9 Å². The monoisotopic (exact) mass is 736 g/mol. The molecule has 7 nitrogen and oxygen atoms in total. The average Bonchev–Trinajstić information content (AvgIpc) is 3.50. The van der Waals surface area contributed by atoms with Crippen LogP contribution in [0.25, 0.3) is 0 Å². The van der Waals surface area contributed by atoms with E-state index >= 15 is 0 Å². The number of benzene rings is 5. The van der Waals surface area contributed by atoms with Crippen molar-refractivity contribution in [1.82, 2.24) is 4.90 Å². The number of hydrogen-bond donors (Lipinski definition) is 2. The van der Waals surface area contributed by atoms with E-state index in [-0.39, 0.29) is 19.4 Å². The van der Waals surface area contributed by atoms with Crippen molar-refractivity contribution < 1.29 is 28.6 Å². The Morgan fingerprint density at radius 1 is 0.880 bits per heavy atom. The Hall–Kier alpha value is -4.99. The predicted octanol–water partition coefficient (Wildman–Crippen LogP) is 9.04. The van der Waals surface area contributed by atoms with E-state index in [9.17, 15) is 19.1 Å². The lowest BCUT2D eigenvalue weighted by atomic mass is 9.85. The summed E-state index contributed by atoms with van der Waals surface area (Å²) in [7, 11) is 0. The number of hydrogen-bond acceptors (Lipinski definition) is 6. The molecule has 256 valence electrons. The topological polar surface area (TPSA) is 88.1 Å². The number of rotatable bonds is 14. The van der Waals surface area contributed by atoms with E-state index in [0.29, 0.717) is 29.9 Å². The average molecular weight is 738 g/mol. The quantitative estimate of drug-likeness (QED) is 0.118. The minimum Gasteiger partial charge on any atom is -0.489 e. The lowest BCUT2D eigenvalue weighted by molar-refractivity contribution is -0.134. The number of aliphatic hydroxyl groups is 1. The number of carbonyl (C=O) groups excluding carboxylic acids is 2. The van der Waals surface area contributed by atoms with E-state index in [1.807, 2.05) is 109 Å². The highest BCUT2D eigenvalue weighted by Gasteiger charge is 2.44.